The van der Waals surface area contributed by atoms with Gasteiger partial charge in [-0.2, -0.15) is 0 Å². The van der Waals surface area contributed by atoms with Crippen LogP contribution in [-0.2, 0) is 6.54 Å². The first-order valence-electron chi connectivity index (χ1n) is 6.86. The number of rotatable bonds is 4. The molecule has 0 aromatic heterocycles. The van der Waals surface area contributed by atoms with Crippen molar-refractivity contribution in [2.75, 3.05) is 33.4 Å². The molecule has 0 aliphatic carbocycles. The molecular weight excluding hydrogens is 254 g/mol. The summed E-state index contributed by atoms with van der Waals surface area (Å²) in [5, 5.41) is 18.0. The van der Waals surface area contributed by atoms with Crippen molar-refractivity contribution in [1.82, 2.24) is 4.90 Å². The first-order chi connectivity index (χ1) is 9.76. The Morgan fingerprint density at radius 3 is 2.90 bits per heavy atom. The third-order valence-electron chi connectivity index (χ3n) is 3.61. The molecule has 0 saturated carbocycles. The summed E-state index contributed by atoms with van der Waals surface area (Å²) in [5.74, 6) is 6.82. The van der Waals surface area contributed by atoms with E-state index in [2.05, 4.69) is 16.7 Å². The van der Waals surface area contributed by atoms with Crippen LogP contribution in [0.3, 0.4) is 0 Å². The summed E-state index contributed by atoms with van der Waals surface area (Å²) in [7, 11) is 1.67. The van der Waals surface area contributed by atoms with Crippen LogP contribution in [0, 0.1) is 17.8 Å². The maximum atomic E-state index is 9.20. The third-order valence-corrected chi connectivity index (χ3v) is 3.61. The second-order valence-electron chi connectivity index (χ2n) is 5.06. The van der Waals surface area contributed by atoms with Crippen LogP contribution in [0.2, 0.25) is 0 Å². The van der Waals surface area contributed by atoms with Crippen molar-refractivity contribution < 1.29 is 14.9 Å². The molecule has 0 amide bonds. The van der Waals surface area contributed by atoms with Crippen LogP contribution in [0.25, 0.3) is 0 Å². The van der Waals surface area contributed by atoms with E-state index >= 15 is 0 Å². The van der Waals surface area contributed by atoms with Crippen molar-refractivity contribution in [2.24, 2.45) is 5.92 Å². The Balaban J connectivity index is 2.12. The van der Waals surface area contributed by atoms with Gasteiger partial charge in [0.2, 0.25) is 0 Å². The second-order valence-corrected chi connectivity index (χ2v) is 5.06. The van der Waals surface area contributed by atoms with E-state index in [1.165, 1.54) is 0 Å². The van der Waals surface area contributed by atoms with Crippen LogP contribution in [0.4, 0.5) is 0 Å². The van der Waals surface area contributed by atoms with Crippen LogP contribution >= 0.6 is 0 Å². The molecule has 4 nitrogen and oxygen atoms in total. The van der Waals surface area contributed by atoms with E-state index in [1.54, 1.807) is 7.11 Å². The highest BCUT2D eigenvalue weighted by molar-refractivity contribution is 5.44. The van der Waals surface area contributed by atoms with Gasteiger partial charge in [0, 0.05) is 30.8 Å². The van der Waals surface area contributed by atoms with Gasteiger partial charge < -0.3 is 14.9 Å². The monoisotopic (exact) mass is 275 g/mol. The molecule has 0 radical (unpaired) electrons. The van der Waals surface area contributed by atoms with Gasteiger partial charge in [-0.3, -0.25) is 4.90 Å². The number of aliphatic hydroxyl groups excluding tert-OH is 2. The van der Waals surface area contributed by atoms with E-state index in [1.807, 2.05) is 18.2 Å². The van der Waals surface area contributed by atoms with Crippen LogP contribution in [0.5, 0.6) is 5.75 Å². The van der Waals surface area contributed by atoms with E-state index in [0.717, 1.165) is 42.9 Å². The van der Waals surface area contributed by atoms with Crippen LogP contribution in [0.15, 0.2) is 18.2 Å². The second kappa shape index (κ2) is 7.30. The SMILES string of the molecule is COc1ccc(C#CCO)cc1CN1CCC(CO)C1. The number of likely N-dealkylation sites (tertiary alicyclic amines) is 1. The third kappa shape index (κ3) is 3.73. The minimum Gasteiger partial charge on any atom is -0.496 e. The summed E-state index contributed by atoms with van der Waals surface area (Å²) >= 11 is 0. The number of nitrogens with zero attached hydrogens (tertiary/aromatic N) is 1. The average molecular weight is 275 g/mol. The van der Waals surface area contributed by atoms with Gasteiger partial charge in [-0.1, -0.05) is 11.8 Å². The van der Waals surface area contributed by atoms with Gasteiger partial charge in [0.05, 0.1) is 7.11 Å². The van der Waals surface area contributed by atoms with Crippen molar-refractivity contribution in [2.45, 2.75) is 13.0 Å². The highest BCUT2D eigenvalue weighted by Crippen LogP contribution is 2.24. The van der Waals surface area contributed by atoms with E-state index in [9.17, 15) is 5.11 Å². The quantitative estimate of drug-likeness (QED) is 0.800. The Labute approximate surface area is 120 Å². The number of benzene rings is 1. The molecule has 1 aliphatic heterocycles. The summed E-state index contributed by atoms with van der Waals surface area (Å²) < 4.78 is 5.39. The van der Waals surface area contributed by atoms with Gasteiger partial charge in [0.25, 0.3) is 0 Å². The molecule has 2 rings (SSSR count). The summed E-state index contributed by atoms with van der Waals surface area (Å²) in [4.78, 5) is 2.32. The van der Waals surface area contributed by atoms with Gasteiger partial charge in [-0.15, -0.1) is 0 Å². The molecule has 1 aliphatic rings. The predicted molar refractivity (Wildman–Crippen MR) is 77.4 cm³/mol. The fraction of sp³-hybridized carbons (Fsp3) is 0.500. The molecule has 1 aromatic carbocycles. The zero-order chi connectivity index (χ0) is 14.4. The molecule has 108 valence electrons. The zero-order valence-electron chi connectivity index (χ0n) is 11.8. The molecule has 1 saturated heterocycles. The molecule has 2 N–H and O–H groups in total. The largest absolute Gasteiger partial charge is 0.496 e. The molecule has 1 heterocycles. The number of aliphatic hydroxyl groups is 2. The molecule has 1 aromatic rings. The minimum atomic E-state index is -0.133. The smallest absolute Gasteiger partial charge is 0.123 e. The van der Waals surface area contributed by atoms with Crippen molar-refractivity contribution >= 4 is 0 Å². The zero-order valence-corrected chi connectivity index (χ0v) is 11.8. The lowest BCUT2D eigenvalue weighted by molar-refractivity contribution is 0.219. The number of ether oxygens (including phenoxy) is 1. The molecular formula is C16H21NO3. The molecule has 4 heteroatoms. The van der Waals surface area contributed by atoms with Crippen LogP contribution in [-0.4, -0.2) is 48.5 Å². The highest BCUT2D eigenvalue weighted by Gasteiger charge is 2.22. The van der Waals surface area contributed by atoms with Crippen LogP contribution in [0.1, 0.15) is 17.5 Å². The maximum Gasteiger partial charge on any atom is 0.123 e. The van der Waals surface area contributed by atoms with E-state index in [0.29, 0.717) is 5.92 Å². The molecule has 20 heavy (non-hydrogen) atoms. The standard InChI is InChI=1S/C16H21NO3/c1-20-16-5-4-13(3-2-8-18)9-15(16)11-17-7-6-14(10-17)12-19/h4-5,9,14,18-19H,6-8,10-12H2,1H3. The summed E-state index contributed by atoms with van der Waals surface area (Å²) in [6.45, 7) is 2.85. The highest BCUT2D eigenvalue weighted by atomic mass is 16.5. The molecule has 1 unspecified atom stereocenters. The Morgan fingerprint density at radius 1 is 1.40 bits per heavy atom. The fourth-order valence-corrected chi connectivity index (χ4v) is 2.57. The van der Waals surface area contributed by atoms with Gasteiger partial charge in [0.15, 0.2) is 0 Å². The fourth-order valence-electron chi connectivity index (χ4n) is 2.57. The molecule has 0 bridgehead atoms. The summed E-state index contributed by atoms with van der Waals surface area (Å²) in [6, 6.07) is 5.82. The van der Waals surface area contributed by atoms with Crippen molar-refractivity contribution in [3.8, 4) is 17.6 Å². The van der Waals surface area contributed by atoms with E-state index in [-0.39, 0.29) is 13.2 Å². The predicted octanol–water partition coefficient (Wildman–Crippen LogP) is 0.853. The molecule has 1 fully saturated rings. The van der Waals surface area contributed by atoms with Gasteiger partial charge in [0.1, 0.15) is 12.4 Å². The lowest BCUT2D eigenvalue weighted by Gasteiger charge is -2.18. The number of hydrogen-bond acceptors (Lipinski definition) is 4. The van der Waals surface area contributed by atoms with Crippen LogP contribution < -0.4 is 4.74 Å². The Bertz CT molecular complexity index is 504. The van der Waals surface area contributed by atoms with Gasteiger partial charge in [-0.05, 0) is 37.1 Å². The first-order valence-corrected chi connectivity index (χ1v) is 6.86. The topological polar surface area (TPSA) is 52.9 Å². The van der Waals surface area contributed by atoms with Gasteiger partial charge in [-0.25, -0.2) is 0 Å². The maximum absolute atomic E-state index is 9.20. The van der Waals surface area contributed by atoms with E-state index < -0.39 is 0 Å². The Morgan fingerprint density at radius 2 is 2.25 bits per heavy atom. The Kier molecular flexibility index (Phi) is 5.42. The molecule has 0 spiro atoms. The summed E-state index contributed by atoms with van der Waals surface area (Å²) in [5.41, 5.74) is 1.98. The van der Waals surface area contributed by atoms with Crippen molar-refractivity contribution in [3.63, 3.8) is 0 Å². The Hall–Kier alpha value is -1.54. The van der Waals surface area contributed by atoms with E-state index in [4.69, 9.17) is 9.84 Å². The molecule has 1 atom stereocenters. The number of hydrogen-bond donors (Lipinski definition) is 2. The van der Waals surface area contributed by atoms with Crippen molar-refractivity contribution in [3.05, 3.63) is 29.3 Å². The first kappa shape index (κ1) is 14.9. The normalized spacial score (nSPS) is 18.6. The summed E-state index contributed by atoms with van der Waals surface area (Å²) in [6.07, 6.45) is 1.04. The van der Waals surface area contributed by atoms with Crippen molar-refractivity contribution in [1.29, 1.82) is 0 Å². The minimum absolute atomic E-state index is 0.133. The van der Waals surface area contributed by atoms with Gasteiger partial charge >= 0.3 is 0 Å². The lowest BCUT2D eigenvalue weighted by Crippen LogP contribution is -2.21. The average Bonchev–Trinajstić information content (AvgIpc) is 2.93. The lowest BCUT2D eigenvalue weighted by atomic mass is 10.1. The number of methoxy groups -OCH3 is 1.